The molecule has 0 bridgehead atoms. The van der Waals surface area contributed by atoms with Crippen molar-refractivity contribution in [1.82, 2.24) is 9.88 Å². The molecule has 3 nitrogen and oxygen atoms in total. The highest BCUT2D eigenvalue weighted by Crippen LogP contribution is 2.16. The Bertz CT molecular complexity index is 569. The third kappa shape index (κ3) is 3.75. The fourth-order valence-corrected chi connectivity index (χ4v) is 2.76. The van der Waals surface area contributed by atoms with Gasteiger partial charge in [0.2, 0.25) is 0 Å². The predicted octanol–water partition coefficient (Wildman–Crippen LogP) is 3.73. The van der Waals surface area contributed by atoms with Crippen molar-refractivity contribution < 1.29 is 4.79 Å². The minimum absolute atomic E-state index is 0.0397. The molecule has 0 radical (unpaired) electrons. The van der Waals surface area contributed by atoms with Crippen molar-refractivity contribution in [1.29, 1.82) is 0 Å². The first-order chi connectivity index (χ1) is 9.20. The van der Waals surface area contributed by atoms with Gasteiger partial charge in [-0.1, -0.05) is 12.1 Å². The lowest BCUT2D eigenvalue weighted by atomic mass is 10.2. The van der Waals surface area contributed by atoms with Crippen LogP contribution in [0.1, 0.15) is 15.2 Å². The normalized spacial score (nSPS) is 10.2. The van der Waals surface area contributed by atoms with Crippen molar-refractivity contribution in [3.8, 4) is 0 Å². The molecule has 98 valence electrons. The van der Waals surface area contributed by atoms with Crippen molar-refractivity contribution in [3.05, 3.63) is 63.5 Å². The standard InChI is InChI=1S/C14H13BrN2OS/c1-2-5-17(10-13-4-3-6-19-13)14(18)11-7-12(15)9-16-8-11/h2-4,6-9H,1,5,10H2. The number of pyridine rings is 1. The van der Waals surface area contributed by atoms with Crippen LogP contribution in [-0.4, -0.2) is 22.3 Å². The van der Waals surface area contributed by atoms with E-state index in [1.54, 1.807) is 40.8 Å². The molecule has 2 rings (SSSR count). The topological polar surface area (TPSA) is 33.2 Å². The Morgan fingerprint density at radius 3 is 3.00 bits per heavy atom. The molecular formula is C14H13BrN2OS. The average molecular weight is 337 g/mol. The van der Waals surface area contributed by atoms with Gasteiger partial charge in [0.1, 0.15) is 0 Å². The number of halogens is 1. The van der Waals surface area contributed by atoms with Crippen LogP contribution in [0.15, 0.2) is 53.1 Å². The summed E-state index contributed by atoms with van der Waals surface area (Å²) in [6, 6.07) is 5.78. The molecule has 0 atom stereocenters. The van der Waals surface area contributed by atoms with Crippen molar-refractivity contribution in [2.24, 2.45) is 0 Å². The van der Waals surface area contributed by atoms with Crippen LogP contribution in [0.25, 0.3) is 0 Å². The van der Waals surface area contributed by atoms with Crippen molar-refractivity contribution in [2.75, 3.05) is 6.54 Å². The summed E-state index contributed by atoms with van der Waals surface area (Å²) in [6.45, 7) is 4.82. The number of hydrogen-bond acceptors (Lipinski definition) is 3. The molecule has 1 amide bonds. The van der Waals surface area contributed by atoms with Gasteiger partial charge in [0.05, 0.1) is 12.1 Å². The van der Waals surface area contributed by atoms with Crippen LogP contribution in [-0.2, 0) is 6.54 Å². The van der Waals surface area contributed by atoms with Gasteiger partial charge in [0.25, 0.3) is 5.91 Å². The van der Waals surface area contributed by atoms with E-state index >= 15 is 0 Å². The van der Waals surface area contributed by atoms with Gasteiger partial charge in [-0.15, -0.1) is 17.9 Å². The highest BCUT2D eigenvalue weighted by Gasteiger charge is 2.16. The molecule has 0 aliphatic heterocycles. The molecule has 0 fully saturated rings. The number of rotatable bonds is 5. The lowest BCUT2D eigenvalue weighted by Gasteiger charge is -2.20. The number of amides is 1. The molecule has 2 heterocycles. The Labute approximate surface area is 124 Å². The van der Waals surface area contributed by atoms with Crippen LogP contribution in [0, 0.1) is 0 Å². The molecule has 0 aromatic carbocycles. The van der Waals surface area contributed by atoms with E-state index in [1.807, 2.05) is 17.5 Å². The monoisotopic (exact) mass is 336 g/mol. The molecule has 2 aromatic rings. The van der Waals surface area contributed by atoms with Gasteiger partial charge in [-0.25, -0.2) is 0 Å². The summed E-state index contributed by atoms with van der Waals surface area (Å²) in [5.41, 5.74) is 0.577. The van der Waals surface area contributed by atoms with Gasteiger partial charge in [-0.3, -0.25) is 9.78 Å². The highest BCUT2D eigenvalue weighted by molar-refractivity contribution is 9.10. The van der Waals surface area contributed by atoms with Crippen molar-refractivity contribution >= 4 is 33.2 Å². The molecule has 2 aromatic heterocycles. The summed E-state index contributed by atoms with van der Waals surface area (Å²) in [7, 11) is 0. The van der Waals surface area contributed by atoms with E-state index in [0.717, 1.165) is 9.35 Å². The number of nitrogens with zero attached hydrogens (tertiary/aromatic N) is 2. The third-order valence-electron chi connectivity index (χ3n) is 2.52. The maximum Gasteiger partial charge on any atom is 0.256 e. The van der Waals surface area contributed by atoms with E-state index in [9.17, 15) is 4.79 Å². The van der Waals surface area contributed by atoms with Crippen LogP contribution in [0.4, 0.5) is 0 Å². The average Bonchev–Trinajstić information content (AvgIpc) is 2.90. The molecule has 0 saturated carbocycles. The van der Waals surface area contributed by atoms with Crippen molar-refractivity contribution in [2.45, 2.75) is 6.54 Å². The fourth-order valence-electron chi connectivity index (χ4n) is 1.68. The summed E-state index contributed by atoms with van der Waals surface area (Å²) >= 11 is 4.97. The summed E-state index contributed by atoms with van der Waals surface area (Å²) < 4.78 is 0.799. The summed E-state index contributed by atoms with van der Waals surface area (Å²) in [6.07, 6.45) is 4.97. The molecule has 0 aliphatic carbocycles. The molecule has 19 heavy (non-hydrogen) atoms. The number of carbonyl (C=O) groups excluding carboxylic acids is 1. The minimum Gasteiger partial charge on any atom is -0.330 e. The van der Waals surface area contributed by atoms with Gasteiger partial charge in [0, 0.05) is 28.3 Å². The predicted molar refractivity (Wildman–Crippen MR) is 81.2 cm³/mol. The molecular weight excluding hydrogens is 324 g/mol. The first-order valence-electron chi connectivity index (χ1n) is 5.74. The molecule has 5 heteroatoms. The van der Waals surface area contributed by atoms with Gasteiger partial charge < -0.3 is 4.90 Å². The largest absolute Gasteiger partial charge is 0.330 e. The second-order valence-electron chi connectivity index (χ2n) is 3.95. The zero-order valence-corrected chi connectivity index (χ0v) is 12.7. The van der Waals surface area contributed by atoms with E-state index in [-0.39, 0.29) is 5.91 Å². The first-order valence-corrected chi connectivity index (χ1v) is 7.41. The SMILES string of the molecule is C=CCN(Cc1cccs1)C(=O)c1cncc(Br)c1. The number of thiophene rings is 1. The molecule has 0 saturated heterocycles. The van der Waals surface area contributed by atoms with Crippen LogP contribution >= 0.6 is 27.3 Å². The maximum absolute atomic E-state index is 12.4. The van der Waals surface area contributed by atoms with Crippen LogP contribution in [0.3, 0.4) is 0 Å². The Hall–Kier alpha value is -1.46. The quantitative estimate of drug-likeness (QED) is 0.779. The molecule has 0 unspecified atom stereocenters. The van der Waals surface area contributed by atoms with Crippen LogP contribution in [0.5, 0.6) is 0 Å². The summed E-state index contributed by atoms with van der Waals surface area (Å²) in [4.78, 5) is 19.4. The highest BCUT2D eigenvalue weighted by atomic mass is 79.9. The second kappa shape index (κ2) is 6.63. The maximum atomic E-state index is 12.4. The minimum atomic E-state index is -0.0397. The van der Waals surface area contributed by atoms with Gasteiger partial charge in [0.15, 0.2) is 0 Å². The van der Waals surface area contributed by atoms with Crippen LogP contribution in [0.2, 0.25) is 0 Å². The van der Waals surface area contributed by atoms with Crippen LogP contribution < -0.4 is 0 Å². The Morgan fingerprint density at radius 1 is 1.53 bits per heavy atom. The molecule has 0 N–H and O–H groups in total. The number of aromatic nitrogens is 1. The second-order valence-corrected chi connectivity index (χ2v) is 5.89. The Kier molecular flexibility index (Phi) is 4.87. The fraction of sp³-hybridized carbons (Fsp3) is 0.143. The summed E-state index contributed by atoms with van der Waals surface area (Å²) in [5.74, 6) is -0.0397. The van der Waals surface area contributed by atoms with E-state index in [4.69, 9.17) is 0 Å². The summed E-state index contributed by atoms with van der Waals surface area (Å²) in [5, 5.41) is 2.01. The smallest absolute Gasteiger partial charge is 0.256 e. The number of hydrogen-bond donors (Lipinski definition) is 0. The molecule has 0 spiro atoms. The van der Waals surface area contributed by atoms with E-state index in [2.05, 4.69) is 27.5 Å². The Balaban J connectivity index is 2.18. The van der Waals surface area contributed by atoms with E-state index in [1.165, 1.54) is 0 Å². The molecule has 0 aliphatic rings. The zero-order valence-electron chi connectivity index (χ0n) is 10.3. The number of carbonyl (C=O) groups is 1. The van der Waals surface area contributed by atoms with E-state index < -0.39 is 0 Å². The lowest BCUT2D eigenvalue weighted by Crippen LogP contribution is -2.30. The Morgan fingerprint density at radius 2 is 2.37 bits per heavy atom. The lowest BCUT2D eigenvalue weighted by molar-refractivity contribution is 0.0763. The van der Waals surface area contributed by atoms with Crippen molar-refractivity contribution in [3.63, 3.8) is 0 Å². The first kappa shape index (κ1) is 14.0. The third-order valence-corrected chi connectivity index (χ3v) is 3.81. The van der Waals surface area contributed by atoms with E-state index in [0.29, 0.717) is 18.7 Å². The van der Waals surface area contributed by atoms with Gasteiger partial charge in [-0.2, -0.15) is 0 Å². The zero-order chi connectivity index (χ0) is 13.7. The van der Waals surface area contributed by atoms with Gasteiger partial charge >= 0.3 is 0 Å². The van der Waals surface area contributed by atoms with Gasteiger partial charge in [-0.05, 0) is 33.4 Å².